The average Bonchev–Trinajstić information content (AvgIpc) is 1.27. The molecule has 0 aromatic heterocycles. The molecule has 0 heteroatoms. The third kappa shape index (κ3) is 5.35. The summed E-state index contributed by atoms with van der Waals surface area (Å²) in [5.41, 5.74) is 2.12. The lowest BCUT2D eigenvalue weighted by atomic mass is 10.1. The third-order valence-electron chi connectivity index (χ3n) is 0.493. The first-order chi connectivity index (χ1) is 3.13. The highest BCUT2D eigenvalue weighted by Gasteiger charge is 1.72. The zero-order valence-electron chi connectivity index (χ0n) is 4.99. The molecular formula is C7H11-. The van der Waals surface area contributed by atoms with Crippen molar-refractivity contribution in [2.24, 2.45) is 0 Å². The van der Waals surface area contributed by atoms with E-state index < -0.39 is 0 Å². The van der Waals surface area contributed by atoms with E-state index in [1.807, 2.05) is 20.3 Å². The van der Waals surface area contributed by atoms with Gasteiger partial charge >= 0.3 is 0 Å². The van der Waals surface area contributed by atoms with Crippen molar-refractivity contribution in [3.63, 3.8) is 0 Å². The van der Waals surface area contributed by atoms with Crippen molar-refractivity contribution in [1.82, 2.24) is 0 Å². The average molecular weight is 95.2 g/mol. The first-order valence-corrected chi connectivity index (χ1v) is 2.28. The zero-order chi connectivity index (χ0) is 5.86. The van der Waals surface area contributed by atoms with Crippen LogP contribution < -0.4 is 0 Å². The van der Waals surface area contributed by atoms with Crippen LogP contribution in [0.15, 0.2) is 24.3 Å². The van der Waals surface area contributed by atoms with Crippen LogP contribution in [0.5, 0.6) is 0 Å². The van der Waals surface area contributed by atoms with E-state index in [2.05, 4.69) is 13.2 Å². The quantitative estimate of drug-likeness (QED) is 0.462. The molecule has 0 saturated heterocycles. The molecular weight excluding hydrogens is 84.1 g/mol. The maximum atomic E-state index is 3.68. The van der Waals surface area contributed by atoms with Gasteiger partial charge in [-0.25, -0.2) is 0 Å². The summed E-state index contributed by atoms with van der Waals surface area (Å²) < 4.78 is 0. The molecule has 0 unspecified atom stereocenters. The van der Waals surface area contributed by atoms with E-state index in [0.29, 0.717) is 0 Å². The third-order valence-corrected chi connectivity index (χ3v) is 0.493. The second kappa shape index (κ2) is 2.51. The maximum absolute atomic E-state index is 3.68. The first kappa shape index (κ1) is 6.35. The molecule has 0 aliphatic heterocycles. The fourth-order valence-electron chi connectivity index (χ4n) is 0.421. The number of hydrogen-bond acceptors (Lipinski definition) is 0. The van der Waals surface area contributed by atoms with Gasteiger partial charge in [-0.05, 0) is 0 Å². The molecule has 0 aliphatic carbocycles. The van der Waals surface area contributed by atoms with Crippen LogP contribution in [0.1, 0.15) is 13.8 Å². The van der Waals surface area contributed by atoms with Crippen molar-refractivity contribution in [1.29, 1.82) is 0 Å². The van der Waals surface area contributed by atoms with Crippen LogP contribution in [0, 0.1) is 6.42 Å². The van der Waals surface area contributed by atoms with Gasteiger partial charge in [0.1, 0.15) is 0 Å². The van der Waals surface area contributed by atoms with Crippen LogP contribution in [0.25, 0.3) is 0 Å². The number of rotatable bonds is 2. The molecule has 0 aromatic carbocycles. The zero-order valence-corrected chi connectivity index (χ0v) is 4.99. The SMILES string of the molecule is C=C(C)[CH-]C(=C)C. The van der Waals surface area contributed by atoms with E-state index in [0.717, 1.165) is 11.1 Å². The fourth-order valence-corrected chi connectivity index (χ4v) is 0.421. The van der Waals surface area contributed by atoms with Crippen LogP contribution in [0.4, 0.5) is 0 Å². The Labute approximate surface area is 45.5 Å². The molecule has 0 bridgehead atoms. The largest absolute Gasteiger partial charge is 0.191 e. The van der Waals surface area contributed by atoms with Gasteiger partial charge in [0.15, 0.2) is 0 Å². The second-order valence-electron chi connectivity index (χ2n) is 1.84. The van der Waals surface area contributed by atoms with Gasteiger partial charge in [0.25, 0.3) is 0 Å². The summed E-state index contributed by atoms with van der Waals surface area (Å²) in [6.07, 6.45) is 1.94. The molecule has 0 amide bonds. The Kier molecular flexibility index (Phi) is 2.28. The lowest BCUT2D eigenvalue weighted by molar-refractivity contribution is 1.35. The monoisotopic (exact) mass is 95.1 g/mol. The van der Waals surface area contributed by atoms with Gasteiger partial charge < -0.3 is 0 Å². The number of hydrogen-bond donors (Lipinski definition) is 0. The molecule has 0 fully saturated rings. The van der Waals surface area contributed by atoms with Crippen LogP contribution >= 0.6 is 0 Å². The Morgan fingerprint density at radius 2 is 1.43 bits per heavy atom. The molecule has 0 spiro atoms. The normalized spacial score (nSPS) is 7.71. The van der Waals surface area contributed by atoms with Gasteiger partial charge in [0.2, 0.25) is 0 Å². The van der Waals surface area contributed by atoms with Crippen LogP contribution in [-0.2, 0) is 0 Å². The van der Waals surface area contributed by atoms with Gasteiger partial charge in [-0.15, -0.1) is 0 Å². The summed E-state index contributed by atoms with van der Waals surface area (Å²) in [7, 11) is 0. The molecule has 0 atom stereocenters. The van der Waals surface area contributed by atoms with E-state index >= 15 is 0 Å². The smallest absolute Gasteiger partial charge is 0.0631 e. The first-order valence-electron chi connectivity index (χ1n) is 2.28. The van der Waals surface area contributed by atoms with Crippen LogP contribution in [-0.4, -0.2) is 0 Å². The summed E-state index contributed by atoms with van der Waals surface area (Å²) in [5, 5.41) is 0. The lowest BCUT2D eigenvalue weighted by Gasteiger charge is -2.02. The standard InChI is InChI=1S/C7H11/c1-6(2)5-7(3)4/h5H,1,3H2,2,4H3/q-1. The van der Waals surface area contributed by atoms with Crippen molar-refractivity contribution in [3.8, 4) is 0 Å². The Balaban J connectivity index is 3.32. The highest BCUT2D eigenvalue weighted by atomic mass is 13.9. The summed E-state index contributed by atoms with van der Waals surface area (Å²) in [5.74, 6) is 0. The van der Waals surface area contributed by atoms with E-state index in [1.165, 1.54) is 0 Å². The van der Waals surface area contributed by atoms with Gasteiger partial charge in [0, 0.05) is 0 Å². The minimum atomic E-state index is 1.06. The molecule has 0 aliphatic rings. The lowest BCUT2D eigenvalue weighted by Crippen LogP contribution is -1.74. The van der Waals surface area contributed by atoms with Crippen LogP contribution in [0.3, 0.4) is 0 Å². The van der Waals surface area contributed by atoms with Gasteiger partial charge in [-0.3, -0.25) is 0 Å². The summed E-state index contributed by atoms with van der Waals surface area (Å²) in [6.45, 7) is 11.3. The van der Waals surface area contributed by atoms with Crippen molar-refractivity contribution in [3.05, 3.63) is 30.7 Å². The van der Waals surface area contributed by atoms with Gasteiger partial charge in [-0.2, -0.15) is 30.7 Å². The molecule has 0 saturated carbocycles. The summed E-state index contributed by atoms with van der Waals surface area (Å²) >= 11 is 0. The molecule has 0 heterocycles. The van der Waals surface area contributed by atoms with Crippen molar-refractivity contribution in [2.45, 2.75) is 13.8 Å². The predicted molar refractivity (Wildman–Crippen MR) is 33.9 cm³/mol. The van der Waals surface area contributed by atoms with E-state index in [4.69, 9.17) is 0 Å². The Morgan fingerprint density at radius 3 is 1.43 bits per heavy atom. The fraction of sp³-hybridized carbons (Fsp3) is 0.286. The summed E-state index contributed by atoms with van der Waals surface area (Å²) in [6, 6.07) is 0. The van der Waals surface area contributed by atoms with Gasteiger partial charge in [0.05, 0.1) is 0 Å². The second-order valence-corrected chi connectivity index (χ2v) is 1.84. The Morgan fingerprint density at radius 1 is 1.14 bits per heavy atom. The number of allylic oxidation sites excluding steroid dienone is 2. The molecule has 0 radical (unpaired) electrons. The van der Waals surface area contributed by atoms with E-state index in [-0.39, 0.29) is 0 Å². The highest BCUT2D eigenvalue weighted by molar-refractivity contribution is 5.20. The van der Waals surface area contributed by atoms with E-state index in [1.54, 1.807) is 0 Å². The molecule has 0 nitrogen and oxygen atoms in total. The highest BCUT2D eigenvalue weighted by Crippen LogP contribution is 2.01. The molecule has 0 aromatic rings. The predicted octanol–water partition coefficient (Wildman–Crippen LogP) is 2.34. The summed E-state index contributed by atoms with van der Waals surface area (Å²) in [4.78, 5) is 0. The Bertz CT molecular complexity index is 76.2. The van der Waals surface area contributed by atoms with Crippen molar-refractivity contribution in [2.75, 3.05) is 0 Å². The topological polar surface area (TPSA) is 0 Å². The minimum absolute atomic E-state index is 1.06. The van der Waals surface area contributed by atoms with Crippen molar-refractivity contribution >= 4 is 0 Å². The molecule has 7 heavy (non-hydrogen) atoms. The molecule has 40 valence electrons. The Hall–Kier alpha value is -0.650. The maximum Gasteiger partial charge on any atom is -0.0631 e. The minimum Gasteiger partial charge on any atom is -0.191 e. The van der Waals surface area contributed by atoms with Gasteiger partial charge in [-0.1, -0.05) is 13.8 Å². The van der Waals surface area contributed by atoms with Crippen LogP contribution in [0.2, 0.25) is 0 Å². The van der Waals surface area contributed by atoms with E-state index in [9.17, 15) is 0 Å². The molecule has 0 N–H and O–H groups in total. The molecule has 0 rings (SSSR count). The van der Waals surface area contributed by atoms with Crippen molar-refractivity contribution < 1.29 is 0 Å².